The van der Waals surface area contributed by atoms with Crippen molar-refractivity contribution in [2.45, 2.75) is 13.5 Å². The number of benzene rings is 2. The molecular weight excluding hydrogens is 300 g/mol. The van der Waals surface area contributed by atoms with Gasteiger partial charge < -0.3 is 10.1 Å². The highest BCUT2D eigenvalue weighted by molar-refractivity contribution is 5.93. The van der Waals surface area contributed by atoms with Crippen molar-refractivity contribution in [2.24, 2.45) is 0 Å². The lowest BCUT2D eigenvalue weighted by Gasteiger charge is -2.20. The van der Waals surface area contributed by atoms with Crippen LogP contribution in [0.4, 0.5) is 5.69 Å². The molecule has 0 aliphatic rings. The number of carbonyl (C=O) groups excluding carboxylic acids is 1. The number of nitrogens with zero attached hydrogens (tertiary/aromatic N) is 1. The first-order valence-electron chi connectivity index (χ1n) is 8.11. The largest absolute Gasteiger partial charge is 0.492 e. The highest BCUT2D eigenvalue weighted by atomic mass is 16.5. The summed E-state index contributed by atoms with van der Waals surface area (Å²) in [4.78, 5) is 14.4. The predicted molar refractivity (Wildman–Crippen MR) is 98.2 cm³/mol. The summed E-state index contributed by atoms with van der Waals surface area (Å²) in [5.74, 6) is 0.617. The SMILES string of the molecule is C=CCN(CC(=O)Nc1ccccc1OCC)Cc1ccccc1. The van der Waals surface area contributed by atoms with Crippen molar-refractivity contribution in [1.29, 1.82) is 0 Å². The molecule has 1 amide bonds. The molecule has 0 spiro atoms. The topological polar surface area (TPSA) is 41.6 Å². The molecule has 0 saturated heterocycles. The molecule has 0 atom stereocenters. The average Bonchev–Trinajstić information content (AvgIpc) is 2.58. The number of rotatable bonds is 9. The monoisotopic (exact) mass is 324 g/mol. The summed E-state index contributed by atoms with van der Waals surface area (Å²) in [6.45, 7) is 7.90. The van der Waals surface area contributed by atoms with Crippen molar-refractivity contribution >= 4 is 11.6 Å². The summed E-state index contributed by atoms with van der Waals surface area (Å²) < 4.78 is 5.54. The number of carbonyl (C=O) groups is 1. The second-order valence-electron chi connectivity index (χ2n) is 5.42. The second kappa shape index (κ2) is 9.53. The Kier molecular flexibility index (Phi) is 7.05. The quantitative estimate of drug-likeness (QED) is 0.715. The lowest BCUT2D eigenvalue weighted by atomic mass is 10.2. The average molecular weight is 324 g/mol. The molecule has 0 aromatic heterocycles. The maximum atomic E-state index is 12.4. The molecule has 24 heavy (non-hydrogen) atoms. The van der Waals surface area contributed by atoms with Crippen LogP contribution in [0.1, 0.15) is 12.5 Å². The van der Waals surface area contributed by atoms with E-state index in [0.29, 0.717) is 37.7 Å². The Morgan fingerprint density at radius 1 is 1.17 bits per heavy atom. The van der Waals surface area contributed by atoms with Gasteiger partial charge >= 0.3 is 0 Å². The zero-order chi connectivity index (χ0) is 17.2. The standard InChI is InChI=1S/C20H24N2O2/c1-3-14-22(15-17-10-6-5-7-11-17)16-20(23)21-18-12-8-9-13-19(18)24-4-2/h3,5-13H,1,4,14-16H2,2H3,(H,21,23). The van der Waals surface area contributed by atoms with Gasteiger partial charge in [0.15, 0.2) is 0 Å². The molecule has 0 fully saturated rings. The van der Waals surface area contributed by atoms with Gasteiger partial charge in [-0.3, -0.25) is 9.69 Å². The van der Waals surface area contributed by atoms with Gasteiger partial charge in [0.05, 0.1) is 18.8 Å². The van der Waals surface area contributed by atoms with E-state index in [1.54, 1.807) is 0 Å². The normalized spacial score (nSPS) is 10.4. The van der Waals surface area contributed by atoms with Gasteiger partial charge in [-0.05, 0) is 24.6 Å². The Balaban J connectivity index is 1.99. The van der Waals surface area contributed by atoms with Gasteiger partial charge in [-0.25, -0.2) is 0 Å². The number of amides is 1. The fourth-order valence-electron chi connectivity index (χ4n) is 2.45. The van der Waals surface area contributed by atoms with E-state index in [1.807, 2.05) is 60.4 Å². The van der Waals surface area contributed by atoms with Crippen LogP contribution >= 0.6 is 0 Å². The third-order valence-electron chi connectivity index (χ3n) is 3.46. The van der Waals surface area contributed by atoms with Crippen LogP contribution in [-0.2, 0) is 11.3 Å². The van der Waals surface area contributed by atoms with Gasteiger partial charge in [-0.15, -0.1) is 6.58 Å². The van der Waals surface area contributed by atoms with E-state index in [-0.39, 0.29) is 5.91 Å². The van der Waals surface area contributed by atoms with Crippen LogP contribution in [0.2, 0.25) is 0 Å². The molecule has 0 saturated carbocycles. The molecule has 126 valence electrons. The van der Waals surface area contributed by atoms with Gasteiger partial charge in [0.2, 0.25) is 5.91 Å². The first-order chi connectivity index (χ1) is 11.7. The Morgan fingerprint density at radius 2 is 1.88 bits per heavy atom. The van der Waals surface area contributed by atoms with Crippen LogP contribution in [0.15, 0.2) is 67.3 Å². The summed E-state index contributed by atoms with van der Waals surface area (Å²) in [6.07, 6.45) is 1.81. The van der Waals surface area contributed by atoms with E-state index < -0.39 is 0 Å². The molecule has 0 bridgehead atoms. The molecule has 0 aliphatic heterocycles. The number of para-hydroxylation sites is 2. The Hall–Kier alpha value is -2.59. The minimum absolute atomic E-state index is 0.0695. The summed E-state index contributed by atoms with van der Waals surface area (Å²) in [5.41, 5.74) is 1.87. The molecule has 0 aliphatic carbocycles. The summed E-state index contributed by atoms with van der Waals surface area (Å²) >= 11 is 0. The van der Waals surface area contributed by atoms with Crippen molar-refractivity contribution < 1.29 is 9.53 Å². The number of hydrogen-bond acceptors (Lipinski definition) is 3. The van der Waals surface area contributed by atoms with Crippen molar-refractivity contribution in [3.05, 3.63) is 72.8 Å². The number of anilines is 1. The van der Waals surface area contributed by atoms with Crippen LogP contribution < -0.4 is 10.1 Å². The van der Waals surface area contributed by atoms with Gasteiger partial charge in [0.25, 0.3) is 0 Å². The fraction of sp³-hybridized carbons (Fsp3) is 0.250. The smallest absolute Gasteiger partial charge is 0.238 e. The van der Waals surface area contributed by atoms with Crippen LogP contribution in [0.3, 0.4) is 0 Å². The first kappa shape index (κ1) is 17.8. The lowest BCUT2D eigenvalue weighted by molar-refractivity contribution is -0.117. The molecule has 1 N–H and O–H groups in total. The Labute approximate surface area is 143 Å². The number of nitrogens with one attached hydrogen (secondary N) is 1. The zero-order valence-electron chi connectivity index (χ0n) is 14.1. The third kappa shape index (κ3) is 5.56. The van der Waals surface area contributed by atoms with Crippen LogP contribution in [-0.4, -0.2) is 30.5 Å². The first-order valence-corrected chi connectivity index (χ1v) is 8.11. The van der Waals surface area contributed by atoms with Gasteiger partial charge in [0, 0.05) is 13.1 Å². The van der Waals surface area contributed by atoms with Gasteiger partial charge in [-0.1, -0.05) is 48.5 Å². The summed E-state index contributed by atoms with van der Waals surface area (Å²) in [7, 11) is 0. The number of ether oxygens (including phenoxy) is 1. The predicted octanol–water partition coefficient (Wildman–Crippen LogP) is 3.71. The summed E-state index contributed by atoms with van der Waals surface area (Å²) in [6, 6.07) is 17.6. The van der Waals surface area contributed by atoms with E-state index in [0.717, 1.165) is 0 Å². The van der Waals surface area contributed by atoms with Crippen LogP contribution in [0.25, 0.3) is 0 Å². The van der Waals surface area contributed by atoms with Crippen molar-refractivity contribution in [3.63, 3.8) is 0 Å². The molecule has 2 rings (SSSR count). The Morgan fingerprint density at radius 3 is 2.58 bits per heavy atom. The maximum absolute atomic E-state index is 12.4. The van der Waals surface area contributed by atoms with E-state index in [2.05, 4.69) is 24.0 Å². The second-order valence-corrected chi connectivity index (χ2v) is 5.42. The molecule has 4 heteroatoms. The van der Waals surface area contributed by atoms with Crippen molar-refractivity contribution in [3.8, 4) is 5.75 Å². The van der Waals surface area contributed by atoms with E-state index in [1.165, 1.54) is 5.56 Å². The Bertz CT molecular complexity index is 656. The third-order valence-corrected chi connectivity index (χ3v) is 3.46. The van der Waals surface area contributed by atoms with Crippen LogP contribution in [0.5, 0.6) is 5.75 Å². The van der Waals surface area contributed by atoms with Crippen LogP contribution in [0, 0.1) is 0 Å². The lowest BCUT2D eigenvalue weighted by Crippen LogP contribution is -2.33. The maximum Gasteiger partial charge on any atom is 0.238 e. The molecule has 2 aromatic carbocycles. The molecule has 0 unspecified atom stereocenters. The van der Waals surface area contributed by atoms with E-state index in [9.17, 15) is 4.79 Å². The van der Waals surface area contributed by atoms with Crippen molar-refractivity contribution in [2.75, 3.05) is 25.0 Å². The zero-order valence-corrected chi connectivity index (χ0v) is 14.1. The van der Waals surface area contributed by atoms with E-state index in [4.69, 9.17) is 4.74 Å². The number of hydrogen-bond donors (Lipinski definition) is 1. The minimum atomic E-state index is -0.0695. The summed E-state index contributed by atoms with van der Waals surface area (Å²) in [5, 5.41) is 2.93. The van der Waals surface area contributed by atoms with Crippen molar-refractivity contribution in [1.82, 2.24) is 4.90 Å². The molecular formula is C20H24N2O2. The highest BCUT2D eigenvalue weighted by Crippen LogP contribution is 2.23. The van der Waals surface area contributed by atoms with E-state index >= 15 is 0 Å². The highest BCUT2D eigenvalue weighted by Gasteiger charge is 2.12. The van der Waals surface area contributed by atoms with Gasteiger partial charge in [-0.2, -0.15) is 0 Å². The fourth-order valence-corrected chi connectivity index (χ4v) is 2.45. The molecule has 2 aromatic rings. The minimum Gasteiger partial charge on any atom is -0.492 e. The molecule has 0 radical (unpaired) electrons. The molecule has 4 nitrogen and oxygen atoms in total. The molecule has 0 heterocycles. The van der Waals surface area contributed by atoms with Gasteiger partial charge in [0.1, 0.15) is 5.75 Å².